The van der Waals surface area contributed by atoms with Gasteiger partial charge in [-0.1, -0.05) is 25.0 Å². The summed E-state index contributed by atoms with van der Waals surface area (Å²) in [5, 5.41) is -0.849. The number of carbonyl (C=O) groups excluding carboxylic acids is 1. The van der Waals surface area contributed by atoms with Gasteiger partial charge in [-0.3, -0.25) is 0 Å². The molecule has 0 aliphatic heterocycles. The Morgan fingerprint density at radius 2 is 1.60 bits per heavy atom. The standard InChI is InChI=1S/C29H36F3NO7S2/c1-28(2,3)40-27(34)18-39-26-14-8-11-23-24(26)12-7-13-25(23)33(4)42(37,38)22-16-19(29(30,31)32)15-21(17-22)41(35,36)20-9-5-6-10-20/h8,11,14-17,20,25H,5-7,9-10,12-13,18H2,1-4H3. The van der Waals surface area contributed by atoms with Crippen LogP contribution in [0.25, 0.3) is 0 Å². The van der Waals surface area contributed by atoms with Gasteiger partial charge in [0.1, 0.15) is 11.4 Å². The first-order valence-corrected chi connectivity index (χ1v) is 16.8. The molecule has 1 unspecified atom stereocenters. The molecule has 2 aliphatic rings. The summed E-state index contributed by atoms with van der Waals surface area (Å²) in [5.74, 6) is -0.182. The van der Waals surface area contributed by atoms with Gasteiger partial charge >= 0.3 is 12.1 Å². The van der Waals surface area contributed by atoms with Crippen LogP contribution >= 0.6 is 0 Å². The van der Waals surface area contributed by atoms with Gasteiger partial charge in [0.15, 0.2) is 16.4 Å². The first kappa shape index (κ1) is 32.3. The number of ether oxygens (including phenoxy) is 2. The molecule has 0 spiro atoms. The highest BCUT2D eigenvalue weighted by Crippen LogP contribution is 2.42. The number of carbonyl (C=O) groups is 1. The maximum Gasteiger partial charge on any atom is 0.416 e. The first-order valence-electron chi connectivity index (χ1n) is 13.8. The first-order chi connectivity index (χ1) is 19.4. The van der Waals surface area contributed by atoms with Gasteiger partial charge in [0.25, 0.3) is 0 Å². The molecule has 0 amide bonds. The normalized spacial score (nSPS) is 18.6. The van der Waals surface area contributed by atoms with Crippen LogP contribution in [-0.4, -0.2) is 51.6 Å². The Labute approximate surface area is 245 Å². The van der Waals surface area contributed by atoms with E-state index in [-0.39, 0.29) is 6.61 Å². The van der Waals surface area contributed by atoms with E-state index in [1.54, 1.807) is 39.0 Å². The van der Waals surface area contributed by atoms with E-state index in [1.165, 1.54) is 7.05 Å². The van der Waals surface area contributed by atoms with E-state index in [1.807, 2.05) is 0 Å². The van der Waals surface area contributed by atoms with Crippen molar-refractivity contribution < 1.29 is 44.3 Å². The van der Waals surface area contributed by atoms with Crippen molar-refractivity contribution in [3.63, 3.8) is 0 Å². The zero-order valence-corrected chi connectivity index (χ0v) is 25.7. The number of halogens is 3. The van der Waals surface area contributed by atoms with Crippen molar-refractivity contribution in [1.29, 1.82) is 0 Å². The number of nitrogens with zero attached hydrogens (tertiary/aromatic N) is 1. The second kappa shape index (κ2) is 11.8. The largest absolute Gasteiger partial charge is 0.482 e. The van der Waals surface area contributed by atoms with E-state index in [9.17, 15) is 34.8 Å². The maximum absolute atomic E-state index is 13.9. The summed E-state index contributed by atoms with van der Waals surface area (Å²) in [6.07, 6.45) is -1.57. The molecule has 1 saturated carbocycles. The van der Waals surface area contributed by atoms with Gasteiger partial charge in [0.05, 0.1) is 26.6 Å². The molecule has 2 aliphatic carbocycles. The highest BCUT2D eigenvalue weighted by Gasteiger charge is 2.39. The maximum atomic E-state index is 13.9. The van der Waals surface area contributed by atoms with Gasteiger partial charge in [-0.2, -0.15) is 17.5 Å². The lowest BCUT2D eigenvalue weighted by Gasteiger charge is -2.33. The number of fused-ring (bicyclic) bond motifs is 1. The third-order valence-corrected chi connectivity index (χ3v) is 11.7. The van der Waals surface area contributed by atoms with E-state index in [2.05, 4.69) is 0 Å². The summed E-state index contributed by atoms with van der Waals surface area (Å²) in [7, 11) is -7.47. The van der Waals surface area contributed by atoms with Gasteiger partial charge in [-0.25, -0.2) is 21.6 Å². The van der Waals surface area contributed by atoms with Gasteiger partial charge in [-0.15, -0.1) is 0 Å². The monoisotopic (exact) mass is 631 g/mol. The van der Waals surface area contributed by atoms with Crippen LogP contribution < -0.4 is 4.74 Å². The fourth-order valence-electron chi connectivity index (χ4n) is 5.58. The number of alkyl halides is 3. The molecule has 2 aromatic carbocycles. The number of sulfone groups is 1. The predicted octanol–water partition coefficient (Wildman–Crippen LogP) is 5.84. The number of benzene rings is 2. The fourth-order valence-corrected chi connectivity index (χ4v) is 9.02. The summed E-state index contributed by atoms with van der Waals surface area (Å²) >= 11 is 0. The van der Waals surface area contributed by atoms with Crippen molar-refractivity contribution in [2.24, 2.45) is 0 Å². The lowest BCUT2D eigenvalue weighted by atomic mass is 9.87. The molecule has 0 N–H and O–H groups in total. The summed E-state index contributed by atoms with van der Waals surface area (Å²) in [4.78, 5) is 10.8. The van der Waals surface area contributed by atoms with Crippen LogP contribution in [0.5, 0.6) is 5.75 Å². The molecule has 0 radical (unpaired) electrons. The smallest absolute Gasteiger partial charge is 0.416 e. The van der Waals surface area contributed by atoms with Gasteiger partial charge in [0, 0.05) is 7.05 Å². The molecule has 1 atom stereocenters. The van der Waals surface area contributed by atoms with Crippen molar-refractivity contribution >= 4 is 25.8 Å². The van der Waals surface area contributed by atoms with Crippen LogP contribution in [0.15, 0.2) is 46.2 Å². The van der Waals surface area contributed by atoms with Crippen LogP contribution in [0.4, 0.5) is 13.2 Å². The minimum Gasteiger partial charge on any atom is -0.482 e. The molecule has 42 heavy (non-hydrogen) atoms. The van der Waals surface area contributed by atoms with Crippen LogP contribution in [0.2, 0.25) is 0 Å². The number of sulfonamides is 1. The molecule has 0 bridgehead atoms. The predicted molar refractivity (Wildman–Crippen MR) is 149 cm³/mol. The summed E-state index contributed by atoms with van der Waals surface area (Å²) in [6.45, 7) is 4.84. The van der Waals surface area contributed by atoms with Crippen molar-refractivity contribution in [1.82, 2.24) is 4.31 Å². The Bertz CT molecular complexity index is 1540. The zero-order valence-electron chi connectivity index (χ0n) is 24.0. The fraction of sp³-hybridized carbons (Fsp3) is 0.552. The van der Waals surface area contributed by atoms with Gasteiger partial charge in [0.2, 0.25) is 10.0 Å². The van der Waals surface area contributed by atoms with Crippen molar-refractivity contribution in [3.8, 4) is 5.75 Å². The molecular formula is C29H36F3NO7S2. The molecule has 0 aromatic heterocycles. The molecule has 13 heteroatoms. The lowest BCUT2D eigenvalue weighted by molar-refractivity contribution is -0.157. The second-order valence-electron chi connectivity index (χ2n) is 11.8. The average Bonchev–Trinajstić information content (AvgIpc) is 3.45. The van der Waals surface area contributed by atoms with Crippen LogP contribution in [0.1, 0.15) is 82.0 Å². The highest BCUT2D eigenvalue weighted by atomic mass is 32.2. The molecule has 2 aromatic rings. The van der Waals surface area contributed by atoms with E-state index in [0.29, 0.717) is 74.0 Å². The third kappa shape index (κ3) is 6.94. The van der Waals surface area contributed by atoms with E-state index < -0.39 is 64.3 Å². The molecule has 0 saturated heterocycles. The average molecular weight is 632 g/mol. The Hall–Kier alpha value is -2.64. The Morgan fingerprint density at radius 1 is 0.952 bits per heavy atom. The molecule has 4 rings (SSSR count). The SMILES string of the molecule is CN(C1CCCc2c(OCC(=O)OC(C)(C)C)cccc21)S(=O)(=O)c1cc(C(F)(F)F)cc(S(=O)(=O)C2CCCC2)c1. The molecule has 8 nitrogen and oxygen atoms in total. The Kier molecular flexibility index (Phi) is 9.07. The van der Waals surface area contributed by atoms with Crippen molar-refractivity contribution in [2.45, 2.75) is 98.6 Å². The van der Waals surface area contributed by atoms with Crippen LogP contribution in [-0.2, 0) is 42.0 Å². The minimum absolute atomic E-state index is 0.317. The Morgan fingerprint density at radius 3 is 2.21 bits per heavy atom. The quantitative estimate of drug-likeness (QED) is 0.337. The van der Waals surface area contributed by atoms with Crippen molar-refractivity contribution in [3.05, 3.63) is 53.1 Å². The molecule has 0 heterocycles. The molecular weight excluding hydrogens is 595 g/mol. The summed E-state index contributed by atoms with van der Waals surface area (Å²) in [6, 6.07) is 6.13. The minimum atomic E-state index is -4.96. The van der Waals surface area contributed by atoms with Gasteiger partial charge < -0.3 is 9.47 Å². The lowest BCUT2D eigenvalue weighted by Crippen LogP contribution is -2.34. The highest BCUT2D eigenvalue weighted by molar-refractivity contribution is 7.92. The number of hydrogen-bond donors (Lipinski definition) is 0. The Balaban J connectivity index is 1.68. The second-order valence-corrected chi connectivity index (χ2v) is 16.0. The van der Waals surface area contributed by atoms with E-state index in [0.717, 1.165) is 10.4 Å². The topological polar surface area (TPSA) is 107 Å². The molecule has 1 fully saturated rings. The third-order valence-electron chi connectivity index (χ3n) is 7.59. The zero-order chi connectivity index (χ0) is 31.1. The van der Waals surface area contributed by atoms with E-state index >= 15 is 0 Å². The summed E-state index contributed by atoms with van der Waals surface area (Å²) in [5.41, 5.74) is -0.749. The van der Waals surface area contributed by atoms with Crippen LogP contribution in [0, 0.1) is 0 Å². The van der Waals surface area contributed by atoms with E-state index in [4.69, 9.17) is 9.47 Å². The number of esters is 1. The van der Waals surface area contributed by atoms with Crippen molar-refractivity contribution in [2.75, 3.05) is 13.7 Å². The number of hydrogen-bond acceptors (Lipinski definition) is 7. The molecule has 232 valence electrons. The number of rotatable bonds is 8. The van der Waals surface area contributed by atoms with Crippen LogP contribution in [0.3, 0.4) is 0 Å². The summed E-state index contributed by atoms with van der Waals surface area (Å²) < 4.78 is 108. The van der Waals surface area contributed by atoms with Gasteiger partial charge in [-0.05, 0) is 88.3 Å².